The Balaban J connectivity index is 2.36. The van der Waals surface area contributed by atoms with Gasteiger partial charge in [0, 0.05) is 6.54 Å². The summed E-state index contributed by atoms with van der Waals surface area (Å²) in [7, 11) is 0. The van der Waals surface area contributed by atoms with Crippen LogP contribution in [-0.2, 0) is 0 Å². The van der Waals surface area contributed by atoms with Gasteiger partial charge in [0.25, 0.3) is 6.43 Å². The third kappa shape index (κ3) is 1.68. The Bertz CT molecular complexity index is 350. The van der Waals surface area contributed by atoms with Gasteiger partial charge in [-0.25, -0.2) is 13.5 Å². The quantitative estimate of drug-likeness (QED) is 0.824. The van der Waals surface area contributed by atoms with E-state index in [2.05, 4.69) is 22.3 Å². The smallest absolute Gasteiger partial charge is 0.299 e. The molecule has 0 radical (unpaired) electrons. The highest BCUT2D eigenvalue weighted by molar-refractivity contribution is 5.28. The third-order valence-corrected chi connectivity index (χ3v) is 2.81. The van der Waals surface area contributed by atoms with Crippen molar-refractivity contribution in [1.29, 1.82) is 0 Å². The molecule has 2 atom stereocenters. The van der Waals surface area contributed by atoms with Crippen molar-refractivity contribution in [1.82, 2.24) is 14.8 Å². The van der Waals surface area contributed by atoms with Crippen LogP contribution in [0, 0.1) is 5.92 Å². The van der Waals surface area contributed by atoms with Crippen molar-refractivity contribution >= 4 is 5.95 Å². The SMILES string of the molecule is CCC1C(C)CNc2nc(C(F)F)nn21. The molecule has 0 aliphatic carbocycles. The molecule has 2 unspecified atom stereocenters. The predicted molar refractivity (Wildman–Crippen MR) is 52.0 cm³/mol. The number of nitrogens with one attached hydrogen (secondary N) is 1. The number of hydrogen-bond donors (Lipinski definition) is 1. The Hall–Kier alpha value is -1.20. The maximum atomic E-state index is 12.4. The van der Waals surface area contributed by atoms with E-state index in [1.807, 2.05) is 6.92 Å². The van der Waals surface area contributed by atoms with Gasteiger partial charge in [0.05, 0.1) is 6.04 Å². The Morgan fingerprint density at radius 3 is 2.93 bits per heavy atom. The second kappa shape index (κ2) is 3.75. The number of anilines is 1. The maximum absolute atomic E-state index is 12.4. The lowest BCUT2D eigenvalue weighted by atomic mass is 9.98. The number of halogens is 2. The highest BCUT2D eigenvalue weighted by Gasteiger charge is 2.29. The number of nitrogens with zero attached hydrogens (tertiary/aromatic N) is 3. The fraction of sp³-hybridized carbons (Fsp3) is 0.778. The Morgan fingerprint density at radius 1 is 1.60 bits per heavy atom. The molecule has 1 N–H and O–H groups in total. The van der Waals surface area contributed by atoms with Crippen LogP contribution in [-0.4, -0.2) is 21.3 Å². The molecular formula is C9H14F2N4. The van der Waals surface area contributed by atoms with Gasteiger partial charge in [0.2, 0.25) is 11.8 Å². The monoisotopic (exact) mass is 216 g/mol. The highest BCUT2D eigenvalue weighted by Crippen LogP contribution is 2.30. The van der Waals surface area contributed by atoms with E-state index < -0.39 is 6.43 Å². The predicted octanol–water partition coefficient (Wildman–Crippen LogP) is 2.23. The first kappa shape index (κ1) is 10.3. The van der Waals surface area contributed by atoms with Gasteiger partial charge in [-0.2, -0.15) is 4.98 Å². The summed E-state index contributed by atoms with van der Waals surface area (Å²) in [6.45, 7) is 4.87. The van der Waals surface area contributed by atoms with Gasteiger partial charge in [0.15, 0.2) is 0 Å². The molecule has 0 fully saturated rings. The van der Waals surface area contributed by atoms with Crippen molar-refractivity contribution in [2.24, 2.45) is 5.92 Å². The van der Waals surface area contributed by atoms with Crippen LogP contribution >= 0.6 is 0 Å². The molecule has 0 amide bonds. The number of fused-ring (bicyclic) bond motifs is 1. The first-order valence-electron chi connectivity index (χ1n) is 5.12. The summed E-state index contributed by atoms with van der Waals surface area (Å²) in [4.78, 5) is 3.77. The standard InChI is InChI=1S/C9H14F2N4/c1-3-6-5(2)4-12-9-13-8(7(10)11)14-15(6)9/h5-7H,3-4H2,1-2H3,(H,12,13,14). The van der Waals surface area contributed by atoms with Crippen molar-refractivity contribution in [2.45, 2.75) is 32.7 Å². The lowest BCUT2D eigenvalue weighted by molar-refractivity contribution is 0.139. The molecule has 1 aliphatic heterocycles. The maximum Gasteiger partial charge on any atom is 0.299 e. The van der Waals surface area contributed by atoms with E-state index in [1.54, 1.807) is 4.68 Å². The summed E-state index contributed by atoms with van der Waals surface area (Å²) < 4.78 is 26.4. The molecule has 84 valence electrons. The molecular weight excluding hydrogens is 202 g/mol. The summed E-state index contributed by atoms with van der Waals surface area (Å²) in [5, 5.41) is 6.85. The molecule has 6 heteroatoms. The van der Waals surface area contributed by atoms with Crippen LogP contribution in [0.15, 0.2) is 0 Å². The third-order valence-electron chi connectivity index (χ3n) is 2.81. The van der Waals surface area contributed by atoms with Crippen molar-refractivity contribution < 1.29 is 8.78 Å². The van der Waals surface area contributed by atoms with E-state index in [1.165, 1.54) is 0 Å². The second-order valence-electron chi connectivity index (χ2n) is 3.87. The fourth-order valence-corrected chi connectivity index (χ4v) is 1.99. The normalized spacial score (nSPS) is 25.1. The first-order chi connectivity index (χ1) is 7.13. The van der Waals surface area contributed by atoms with Crippen LogP contribution in [0.25, 0.3) is 0 Å². The molecule has 1 aliphatic rings. The zero-order valence-electron chi connectivity index (χ0n) is 8.74. The minimum atomic E-state index is -2.60. The van der Waals surface area contributed by atoms with Crippen LogP contribution in [0.5, 0.6) is 0 Å². The zero-order valence-corrected chi connectivity index (χ0v) is 8.74. The first-order valence-corrected chi connectivity index (χ1v) is 5.12. The summed E-state index contributed by atoms with van der Waals surface area (Å²) >= 11 is 0. The zero-order chi connectivity index (χ0) is 11.0. The molecule has 15 heavy (non-hydrogen) atoms. The Labute approximate surface area is 86.7 Å². The van der Waals surface area contributed by atoms with E-state index in [9.17, 15) is 8.78 Å². The molecule has 0 spiro atoms. The molecule has 4 nitrogen and oxygen atoms in total. The summed E-state index contributed by atoms with van der Waals surface area (Å²) in [6, 6.07) is 0.168. The summed E-state index contributed by atoms with van der Waals surface area (Å²) in [5.74, 6) is 0.468. The van der Waals surface area contributed by atoms with Gasteiger partial charge in [-0.15, -0.1) is 5.10 Å². The minimum absolute atomic E-state index is 0.168. The van der Waals surface area contributed by atoms with E-state index in [0.29, 0.717) is 11.9 Å². The average Bonchev–Trinajstić information content (AvgIpc) is 2.61. The molecule has 0 aromatic carbocycles. The Kier molecular flexibility index (Phi) is 2.58. The van der Waals surface area contributed by atoms with Crippen molar-refractivity contribution in [3.05, 3.63) is 5.82 Å². The van der Waals surface area contributed by atoms with Crippen LogP contribution in [0.3, 0.4) is 0 Å². The average molecular weight is 216 g/mol. The number of hydrogen-bond acceptors (Lipinski definition) is 3. The minimum Gasteiger partial charge on any atom is -0.354 e. The fourth-order valence-electron chi connectivity index (χ4n) is 1.99. The van der Waals surface area contributed by atoms with E-state index >= 15 is 0 Å². The molecule has 0 bridgehead atoms. The van der Waals surface area contributed by atoms with Gasteiger partial charge in [-0.05, 0) is 12.3 Å². The Morgan fingerprint density at radius 2 is 2.33 bits per heavy atom. The highest BCUT2D eigenvalue weighted by atomic mass is 19.3. The number of rotatable bonds is 2. The number of alkyl halides is 2. The molecule has 0 saturated heterocycles. The van der Waals surface area contributed by atoms with E-state index in [-0.39, 0.29) is 11.9 Å². The van der Waals surface area contributed by atoms with Gasteiger partial charge in [0.1, 0.15) is 0 Å². The second-order valence-corrected chi connectivity index (χ2v) is 3.87. The van der Waals surface area contributed by atoms with Crippen molar-refractivity contribution in [3.63, 3.8) is 0 Å². The van der Waals surface area contributed by atoms with Crippen molar-refractivity contribution in [2.75, 3.05) is 11.9 Å². The van der Waals surface area contributed by atoms with Crippen LogP contribution < -0.4 is 5.32 Å². The van der Waals surface area contributed by atoms with E-state index in [0.717, 1.165) is 13.0 Å². The van der Waals surface area contributed by atoms with Gasteiger partial charge in [-0.1, -0.05) is 13.8 Å². The number of aromatic nitrogens is 3. The van der Waals surface area contributed by atoms with Gasteiger partial charge < -0.3 is 5.32 Å². The van der Waals surface area contributed by atoms with Crippen LogP contribution in [0.1, 0.15) is 38.6 Å². The summed E-state index contributed by atoms with van der Waals surface area (Å²) in [5.41, 5.74) is 0. The lowest BCUT2D eigenvalue weighted by Crippen LogP contribution is -2.31. The largest absolute Gasteiger partial charge is 0.354 e. The molecule has 0 saturated carbocycles. The lowest BCUT2D eigenvalue weighted by Gasteiger charge is -2.29. The molecule has 2 rings (SSSR count). The van der Waals surface area contributed by atoms with Gasteiger partial charge >= 0.3 is 0 Å². The van der Waals surface area contributed by atoms with Crippen molar-refractivity contribution in [3.8, 4) is 0 Å². The van der Waals surface area contributed by atoms with Crippen LogP contribution in [0.4, 0.5) is 14.7 Å². The molecule has 1 aromatic heterocycles. The topological polar surface area (TPSA) is 42.7 Å². The van der Waals surface area contributed by atoms with Crippen LogP contribution in [0.2, 0.25) is 0 Å². The van der Waals surface area contributed by atoms with E-state index in [4.69, 9.17) is 0 Å². The molecule has 2 heterocycles. The van der Waals surface area contributed by atoms with Gasteiger partial charge in [-0.3, -0.25) is 0 Å². The summed E-state index contributed by atoms with van der Waals surface area (Å²) in [6.07, 6.45) is -1.72. The molecule has 1 aromatic rings.